The minimum atomic E-state index is -0.650. The van der Waals surface area contributed by atoms with Crippen LogP contribution in [0.15, 0.2) is 12.3 Å². The van der Waals surface area contributed by atoms with Crippen LogP contribution in [0.3, 0.4) is 0 Å². The van der Waals surface area contributed by atoms with Gasteiger partial charge < -0.3 is 4.90 Å². The zero-order chi connectivity index (χ0) is 14.7. The zero-order valence-corrected chi connectivity index (χ0v) is 12.0. The third-order valence-electron chi connectivity index (χ3n) is 3.60. The molecular formula is C13H16ClN3O3. The third-order valence-corrected chi connectivity index (χ3v) is 3.87. The quantitative estimate of drug-likeness (QED) is 0.478. The average molecular weight is 298 g/mol. The van der Waals surface area contributed by atoms with Crippen LogP contribution in [0.2, 0.25) is 5.15 Å². The maximum absolute atomic E-state index is 12.5. The largest absolute Gasteiger partial charge is 0.338 e. The number of amides is 1. The van der Waals surface area contributed by atoms with Gasteiger partial charge in [-0.05, 0) is 31.2 Å². The lowest BCUT2D eigenvalue weighted by Crippen LogP contribution is -2.32. The fourth-order valence-corrected chi connectivity index (χ4v) is 2.64. The summed E-state index contributed by atoms with van der Waals surface area (Å²) >= 11 is 5.74. The van der Waals surface area contributed by atoms with Gasteiger partial charge in [-0.2, -0.15) is 0 Å². The van der Waals surface area contributed by atoms with Gasteiger partial charge in [-0.1, -0.05) is 18.5 Å². The highest BCUT2D eigenvalue weighted by molar-refractivity contribution is 6.32. The first-order valence-electron chi connectivity index (χ1n) is 6.59. The van der Waals surface area contributed by atoms with E-state index in [2.05, 4.69) is 11.9 Å². The minimum absolute atomic E-state index is 0.0181. The van der Waals surface area contributed by atoms with Gasteiger partial charge >= 0.3 is 5.69 Å². The summed E-state index contributed by atoms with van der Waals surface area (Å²) in [7, 11) is 0. The number of halogens is 1. The van der Waals surface area contributed by atoms with Gasteiger partial charge in [-0.25, -0.2) is 4.98 Å². The lowest BCUT2D eigenvalue weighted by Gasteiger charge is -2.20. The van der Waals surface area contributed by atoms with Crippen LogP contribution >= 0.6 is 11.6 Å². The normalized spacial score (nSPS) is 19.5. The van der Waals surface area contributed by atoms with Gasteiger partial charge in [0.15, 0.2) is 0 Å². The van der Waals surface area contributed by atoms with Crippen LogP contribution in [-0.4, -0.2) is 33.8 Å². The number of rotatable bonds is 2. The van der Waals surface area contributed by atoms with E-state index in [1.807, 2.05) is 0 Å². The molecule has 2 rings (SSSR count). The maximum Gasteiger partial charge on any atom is 0.319 e. The van der Waals surface area contributed by atoms with Crippen LogP contribution < -0.4 is 0 Å². The molecule has 0 radical (unpaired) electrons. The standard InChI is InChI=1S/C13H16ClN3O3/c1-9-3-2-7-16(8-5-9)13(18)10-4-6-15-12(14)11(10)17(19)20/h4,6,9H,2-3,5,7-8H2,1H3. The van der Waals surface area contributed by atoms with Crippen molar-refractivity contribution in [3.05, 3.63) is 33.1 Å². The van der Waals surface area contributed by atoms with Crippen LogP contribution in [0.5, 0.6) is 0 Å². The van der Waals surface area contributed by atoms with E-state index in [1.54, 1.807) is 4.90 Å². The van der Waals surface area contributed by atoms with Crippen molar-refractivity contribution < 1.29 is 9.72 Å². The van der Waals surface area contributed by atoms with Crippen LogP contribution in [0.1, 0.15) is 36.5 Å². The van der Waals surface area contributed by atoms with Crippen molar-refractivity contribution in [1.82, 2.24) is 9.88 Å². The molecule has 0 spiro atoms. The summed E-state index contributed by atoms with van der Waals surface area (Å²) in [6.07, 6.45) is 4.23. The molecule has 1 aliphatic rings. The van der Waals surface area contributed by atoms with Crippen LogP contribution in [0.25, 0.3) is 0 Å². The van der Waals surface area contributed by atoms with E-state index in [0.29, 0.717) is 19.0 Å². The fraction of sp³-hybridized carbons (Fsp3) is 0.538. The summed E-state index contributed by atoms with van der Waals surface area (Å²) < 4.78 is 0. The van der Waals surface area contributed by atoms with E-state index in [1.165, 1.54) is 12.3 Å². The molecule has 108 valence electrons. The number of carbonyl (C=O) groups excluding carboxylic acids is 1. The Kier molecular flexibility index (Phi) is 4.54. The highest BCUT2D eigenvalue weighted by atomic mass is 35.5. The van der Waals surface area contributed by atoms with Crippen molar-refractivity contribution in [1.29, 1.82) is 0 Å². The molecule has 20 heavy (non-hydrogen) atoms. The summed E-state index contributed by atoms with van der Waals surface area (Å²) in [5.74, 6) is 0.235. The smallest absolute Gasteiger partial charge is 0.319 e. The Morgan fingerprint density at radius 2 is 2.25 bits per heavy atom. The van der Waals surface area contributed by atoms with E-state index in [9.17, 15) is 14.9 Å². The second kappa shape index (κ2) is 6.17. The van der Waals surface area contributed by atoms with E-state index in [4.69, 9.17) is 11.6 Å². The number of nitro groups is 1. The van der Waals surface area contributed by atoms with E-state index < -0.39 is 10.6 Å². The molecule has 1 aromatic rings. The van der Waals surface area contributed by atoms with Gasteiger partial charge in [-0.3, -0.25) is 14.9 Å². The van der Waals surface area contributed by atoms with Gasteiger partial charge in [0.1, 0.15) is 5.56 Å². The topological polar surface area (TPSA) is 76.3 Å². The van der Waals surface area contributed by atoms with Gasteiger partial charge in [0.2, 0.25) is 5.15 Å². The molecule has 1 atom stereocenters. The predicted octanol–water partition coefficient (Wildman–Crippen LogP) is 2.91. The molecule has 1 aliphatic heterocycles. The number of pyridine rings is 1. The molecule has 0 bridgehead atoms. The number of nitrogens with zero attached hydrogens (tertiary/aromatic N) is 3. The lowest BCUT2D eigenvalue weighted by molar-refractivity contribution is -0.385. The Bertz CT molecular complexity index is 536. The Balaban J connectivity index is 2.29. The summed E-state index contributed by atoms with van der Waals surface area (Å²) in [5.41, 5.74) is -0.388. The zero-order valence-electron chi connectivity index (χ0n) is 11.2. The number of hydrogen-bond donors (Lipinski definition) is 0. The summed E-state index contributed by atoms with van der Waals surface area (Å²) in [6, 6.07) is 1.36. The fourth-order valence-electron chi connectivity index (χ4n) is 2.41. The first kappa shape index (κ1) is 14.7. The van der Waals surface area contributed by atoms with Crippen LogP contribution in [-0.2, 0) is 0 Å². The monoisotopic (exact) mass is 297 g/mol. The first-order chi connectivity index (χ1) is 9.50. The van der Waals surface area contributed by atoms with Crippen molar-refractivity contribution >= 4 is 23.2 Å². The summed E-state index contributed by atoms with van der Waals surface area (Å²) in [4.78, 5) is 28.2. The molecule has 6 nitrogen and oxygen atoms in total. The van der Waals surface area contributed by atoms with Gasteiger partial charge in [-0.15, -0.1) is 0 Å². The molecule has 0 aromatic carbocycles. The molecule has 1 unspecified atom stereocenters. The van der Waals surface area contributed by atoms with Gasteiger partial charge in [0.05, 0.1) is 4.92 Å². The Hall–Kier alpha value is -1.69. The third kappa shape index (κ3) is 3.07. The van der Waals surface area contributed by atoms with Crippen LogP contribution in [0, 0.1) is 16.0 Å². The molecular weight excluding hydrogens is 282 g/mol. The molecule has 2 heterocycles. The maximum atomic E-state index is 12.5. The lowest BCUT2D eigenvalue weighted by atomic mass is 10.0. The minimum Gasteiger partial charge on any atom is -0.338 e. The van der Waals surface area contributed by atoms with E-state index in [0.717, 1.165) is 19.3 Å². The average Bonchev–Trinajstić information content (AvgIpc) is 2.62. The van der Waals surface area contributed by atoms with Crippen LogP contribution in [0.4, 0.5) is 5.69 Å². The van der Waals surface area contributed by atoms with Crippen molar-refractivity contribution in [3.63, 3.8) is 0 Å². The molecule has 0 N–H and O–H groups in total. The van der Waals surface area contributed by atoms with Crippen molar-refractivity contribution in [2.45, 2.75) is 26.2 Å². The summed E-state index contributed by atoms with van der Waals surface area (Å²) in [6.45, 7) is 3.40. The van der Waals surface area contributed by atoms with E-state index >= 15 is 0 Å². The second-order valence-electron chi connectivity index (χ2n) is 5.08. The molecule has 1 amide bonds. The van der Waals surface area contributed by atoms with Crippen molar-refractivity contribution in [2.24, 2.45) is 5.92 Å². The van der Waals surface area contributed by atoms with Crippen molar-refractivity contribution in [2.75, 3.05) is 13.1 Å². The highest BCUT2D eigenvalue weighted by Crippen LogP contribution is 2.28. The number of hydrogen-bond acceptors (Lipinski definition) is 4. The second-order valence-corrected chi connectivity index (χ2v) is 5.44. The number of likely N-dealkylation sites (tertiary alicyclic amines) is 1. The predicted molar refractivity (Wildman–Crippen MR) is 74.8 cm³/mol. The Morgan fingerprint density at radius 1 is 1.50 bits per heavy atom. The molecule has 1 fully saturated rings. The molecule has 7 heteroatoms. The molecule has 1 aromatic heterocycles. The Morgan fingerprint density at radius 3 is 2.95 bits per heavy atom. The molecule has 0 saturated carbocycles. The first-order valence-corrected chi connectivity index (χ1v) is 6.96. The Labute approximate surface area is 121 Å². The summed E-state index contributed by atoms with van der Waals surface area (Å²) in [5, 5.41) is 10.8. The number of carbonyl (C=O) groups is 1. The van der Waals surface area contributed by atoms with Crippen molar-refractivity contribution in [3.8, 4) is 0 Å². The molecule has 0 aliphatic carbocycles. The number of aromatic nitrogens is 1. The SMILES string of the molecule is CC1CCCN(C(=O)c2ccnc(Cl)c2[N+](=O)[O-])CC1. The molecule has 1 saturated heterocycles. The highest BCUT2D eigenvalue weighted by Gasteiger charge is 2.28. The van der Waals surface area contributed by atoms with Gasteiger partial charge in [0.25, 0.3) is 5.91 Å². The van der Waals surface area contributed by atoms with Gasteiger partial charge in [0, 0.05) is 19.3 Å². The van der Waals surface area contributed by atoms with E-state index in [-0.39, 0.29) is 16.6 Å².